The second-order valence-corrected chi connectivity index (χ2v) is 7.76. The molecule has 0 aromatic heterocycles. The number of phenolic OH excluding ortho intramolecular Hbond substituents is 1. The van der Waals surface area contributed by atoms with Gasteiger partial charge < -0.3 is 14.9 Å². The number of carbonyl (C=O) groups excluding carboxylic acids is 2. The van der Waals surface area contributed by atoms with Crippen LogP contribution in [0.15, 0.2) is 65.4 Å². The van der Waals surface area contributed by atoms with Crippen LogP contribution in [0, 0.1) is 5.82 Å². The van der Waals surface area contributed by atoms with Gasteiger partial charge in [-0.25, -0.2) is 14.2 Å². The summed E-state index contributed by atoms with van der Waals surface area (Å²) in [7, 11) is 1.62. The summed E-state index contributed by atoms with van der Waals surface area (Å²) in [5.41, 5.74) is 2.20. The molecule has 9 heteroatoms. The van der Waals surface area contributed by atoms with Crippen LogP contribution < -0.4 is 4.90 Å². The smallest absolute Gasteiger partial charge is 0.328 e. The monoisotopic (exact) mass is 421 g/mol. The summed E-state index contributed by atoms with van der Waals surface area (Å²) in [6, 6.07) is 11.3. The maximum atomic E-state index is 13.4. The number of hydrogen-bond donors (Lipinski definition) is 1. The molecule has 158 valence electrons. The summed E-state index contributed by atoms with van der Waals surface area (Å²) in [6.07, 6.45) is 1.16. The van der Waals surface area contributed by atoms with Gasteiger partial charge >= 0.3 is 6.03 Å². The second kappa shape index (κ2) is 6.83. The lowest BCUT2D eigenvalue weighted by Crippen LogP contribution is -2.63. The Morgan fingerprint density at radius 1 is 1.13 bits per heavy atom. The molecule has 0 radical (unpaired) electrons. The zero-order valence-corrected chi connectivity index (χ0v) is 16.9. The molecule has 0 saturated carbocycles. The van der Waals surface area contributed by atoms with Gasteiger partial charge in [-0.15, -0.1) is 0 Å². The number of imide groups is 1. The van der Waals surface area contributed by atoms with Gasteiger partial charge in [0.1, 0.15) is 11.6 Å². The molecule has 1 N–H and O–H groups in total. The summed E-state index contributed by atoms with van der Waals surface area (Å²) < 4.78 is 13.2. The number of nitrogens with zero attached hydrogens (tertiary/aromatic N) is 5. The Hall–Kier alpha value is -3.88. The number of allylic oxidation sites excluding steroid dienone is 1. The van der Waals surface area contributed by atoms with Crippen LogP contribution in [0.25, 0.3) is 0 Å². The number of likely N-dealkylation sites (N-methyl/N-ethyl adjacent to an activating group) is 1. The van der Waals surface area contributed by atoms with E-state index in [0.717, 1.165) is 5.70 Å². The number of amides is 3. The van der Waals surface area contributed by atoms with Gasteiger partial charge in [-0.2, -0.15) is 0 Å². The summed E-state index contributed by atoms with van der Waals surface area (Å²) in [5, 5.41) is 9.88. The molecule has 0 bridgehead atoms. The fraction of sp³-hybridized carbons (Fsp3) is 0.227. The van der Waals surface area contributed by atoms with E-state index in [0.29, 0.717) is 17.2 Å². The number of anilines is 1. The molecule has 5 rings (SSSR count). The first-order chi connectivity index (χ1) is 14.8. The van der Waals surface area contributed by atoms with E-state index in [-0.39, 0.29) is 24.0 Å². The normalized spacial score (nSPS) is 22.5. The molecule has 8 nitrogen and oxygen atoms in total. The SMILES string of the molecule is CC1=CN2C(=NC3C2C(=O)N(Cc2ccc(F)cc2)C(=O)N3C)N1c1cccc(O)c1. The fourth-order valence-corrected chi connectivity index (χ4v) is 4.22. The molecule has 1 saturated heterocycles. The predicted octanol–water partition coefficient (Wildman–Crippen LogP) is 2.67. The second-order valence-electron chi connectivity index (χ2n) is 7.76. The highest BCUT2D eigenvalue weighted by atomic mass is 19.1. The molecule has 1 fully saturated rings. The number of aromatic hydroxyl groups is 1. The molecule has 3 aliphatic rings. The summed E-state index contributed by atoms with van der Waals surface area (Å²) in [6.45, 7) is 1.94. The minimum Gasteiger partial charge on any atom is -0.508 e. The van der Waals surface area contributed by atoms with Crippen LogP contribution >= 0.6 is 0 Å². The first-order valence-corrected chi connectivity index (χ1v) is 9.81. The van der Waals surface area contributed by atoms with Crippen molar-refractivity contribution in [3.63, 3.8) is 0 Å². The van der Waals surface area contributed by atoms with Crippen molar-refractivity contribution in [2.24, 2.45) is 4.99 Å². The number of urea groups is 1. The average Bonchev–Trinajstić information content (AvgIpc) is 3.25. The summed E-state index contributed by atoms with van der Waals surface area (Å²) in [5.74, 6) is -0.0999. The molecule has 2 atom stereocenters. The number of phenols is 1. The van der Waals surface area contributed by atoms with Crippen molar-refractivity contribution in [1.29, 1.82) is 0 Å². The van der Waals surface area contributed by atoms with E-state index in [2.05, 4.69) is 4.99 Å². The van der Waals surface area contributed by atoms with Gasteiger partial charge in [-0.05, 0) is 36.8 Å². The van der Waals surface area contributed by atoms with Crippen molar-refractivity contribution < 1.29 is 19.1 Å². The number of fused-ring (bicyclic) bond motifs is 3. The highest BCUT2D eigenvalue weighted by molar-refractivity contribution is 6.09. The molecule has 3 amide bonds. The maximum absolute atomic E-state index is 13.4. The number of rotatable bonds is 3. The van der Waals surface area contributed by atoms with E-state index in [4.69, 9.17) is 0 Å². The van der Waals surface area contributed by atoms with Gasteiger partial charge in [0.15, 0.2) is 12.2 Å². The first kappa shape index (κ1) is 19.1. The third kappa shape index (κ3) is 2.92. The lowest BCUT2D eigenvalue weighted by Gasteiger charge is -2.40. The van der Waals surface area contributed by atoms with E-state index >= 15 is 0 Å². The Labute approximate surface area is 178 Å². The number of benzene rings is 2. The largest absolute Gasteiger partial charge is 0.508 e. The first-order valence-electron chi connectivity index (χ1n) is 9.81. The van der Waals surface area contributed by atoms with Crippen molar-refractivity contribution >= 4 is 23.6 Å². The molecular weight excluding hydrogens is 401 g/mol. The zero-order chi connectivity index (χ0) is 21.9. The standard InChI is InChI=1S/C22H20FN5O3/c1-13-11-26-18-19(24-21(26)28(13)16-4-3-5-17(29)10-16)25(2)22(31)27(20(18)30)12-14-6-8-15(23)9-7-14/h3-11,18-19,29H,12H2,1-2H3. The number of halogens is 1. The van der Waals surface area contributed by atoms with Crippen LogP contribution in [0.4, 0.5) is 14.9 Å². The van der Waals surface area contributed by atoms with Gasteiger partial charge in [0.2, 0.25) is 5.96 Å². The lowest BCUT2D eigenvalue weighted by atomic mass is 10.1. The maximum Gasteiger partial charge on any atom is 0.328 e. The van der Waals surface area contributed by atoms with Crippen molar-refractivity contribution in [2.45, 2.75) is 25.7 Å². The summed E-state index contributed by atoms with van der Waals surface area (Å²) >= 11 is 0. The molecule has 2 aromatic carbocycles. The molecule has 0 aliphatic carbocycles. The van der Waals surface area contributed by atoms with Crippen LogP contribution in [0.3, 0.4) is 0 Å². The van der Waals surface area contributed by atoms with Crippen LogP contribution in [0.5, 0.6) is 5.75 Å². The van der Waals surface area contributed by atoms with E-state index in [9.17, 15) is 19.1 Å². The molecule has 2 aromatic rings. The van der Waals surface area contributed by atoms with Gasteiger partial charge in [0.25, 0.3) is 5.91 Å². The fourth-order valence-electron chi connectivity index (χ4n) is 4.22. The minimum atomic E-state index is -0.699. The van der Waals surface area contributed by atoms with Crippen LogP contribution in [0.2, 0.25) is 0 Å². The van der Waals surface area contributed by atoms with E-state index in [1.807, 2.05) is 24.1 Å². The number of carbonyl (C=O) groups is 2. The molecular formula is C22H20FN5O3. The predicted molar refractivity (Wildman–Crippen MR) is 111 cm³/mol. The molecule has 3 aliphatic heterocycles. The molecule has 2 unspecified atom stereocenters. The minimum absolute atomic E-state index is 0.0493. The number of hydrogen-bond acceptors (Lipinski definition) is 6. The third-order valence-electron chi connectivity index (χ3n) is 5.73. The van der Waals surface area contributed by atoms with E-state index in [1.54, 1.807) is 42.3 Å². The zero-order valence-electron chi connectivity index (χ0n) is 16.9. The van der Waals surface area contributed by atoms with E-state index in [1.165, 1.54) is 21.9 Å². The van der Waals surface area contributed by atoms with Crippen molar-refractivity contribution in [2.75, 3.05) is 11.9 Å². The quantitative estimate of drug-likeness (QED) is 0.824. The average molecular weight is 421 g/mol. The Morgan fingerprint density at radius 3 is 2.58 bits per heavy atom. The van der Waals surface area contributed by atoms with Crippen LogP contribution in [0.1, 0.15) is 12.5 Å². The Morgan fingerprint density at radius 2 is 1.87 bits per heavy atom. The molecule has 0 spiro atoms. The van der Waals surface area contributed by atoms with Crippen LogP contribution in [-0.2, 0) is 11.3 Å². The third-order valence-corrected chi connectivity index (χ3v) is 5.73. The Balaban J connectivity index is 1.47. The highest BCUT2D eigenvalue weighted by Crippen LogP contribution is 2.37. The van der Waals surface area contributed by atoms with Crippen molar-refractivity contribution in [3.05, 3.63) is 71.8 Å². The Kier molecular flexibility index (Phi) is 4.21. The lowest BCUT2D eigenvalue weighted by molar-refractivity contribution is -0.137. The van der Waals surface area contributed by atoms with Gasteiger partial charge in [0, 0.05) is 25.0 Å². The van der Waals surface area contributed by atoms with Gasteiger partial charge in [-0.3, -0.25) is 14.6 Å². The van der Waals surface area contributed by atoms with Crippen molar-refractivity contribution in [3.8, 4) is 5.75 Å². The van der Waals surface area contributed by atoms with Gasteiger partial charge in [0.05, 0.1) is 12.2 Å². The highest BCUT2D eigenvalue weighted by Gasteiger charge is 2.54. The van der Waals surface area contributed by atoms with Crippen molar-refractivity contribution in [1.82, 2.24) is 14.7 Å². The molecule has 3 heterocycles. The number of guanidine groups is 1. The summed E-state index contributed by atoms with van der Waals surface area (Å²) in [4.78, 5) is 37.2. The number of aliphatic imine (C=N–C) groups is 1. The topological polar surface area (TPSA) is 79.7 Å². The van der Waals surface area contributed by atoms with Crippen LogP contribution in [-0.4, -0.2) is 57.0 Å². The Bertz CT molecular complexity index is 1150. The van der Waals surface area contributed by atoms with E-state index < -0.39 is 18.2 Å². The van der Waals surface area contributed by atoms with Gasteiger partial charge in [-0.1, -0.05) is 18.2 Å². The molecule has 31 heavy (non-hydrogen) atoms.